The van der Waals surface area contributed by atoms with Gasteiger partial charge in [0, 0.05) is 19.3 Å². The summed E-state index contributed by atoms with van der Waals surface area (Å²) >= 11 is 0. The number of carboxylic acids is 1. The zero-order valence-corrected chi connectivity index (χ0v) is 11.9. The summed E-state index contributed by atoms with van der Waals surface area (Å²) in [4.78, 5) is 28.3. The number of amides is 2. The molecular weight excluding hydrogens is 274 g/mol. The molecule has 1 aliphatic rings. The van der Waals surface area contributed by atoms with Crippen LogP contribution in [0.1, 0.15) is 18.4 Å². The molecule has 0 saturated carbocycles. The van der Waals surface area contributed by atoms with Crippen LogP contribution in [0.15, 0.2) is 18.5 Å². The van der Waals surface area contributed by atoms with Crippen LogP contribution in [-0.2, 0) is 9.53 Å². The molecule has 0 aliphatic carbocycles. The highest BCUT2D eigenvalue weighted by Gasteiger charge is 2.24. The van der Waals surface area contributed by atoms with E-state index in [0.29, 0.717) is 31.6 Å². The molecule has 0 aromatic carbocycles. The smallest absolute Gasteiger partial charge is 0.329 e. The van der Waals surface area contributed by atoms with E-state index in [9.17, 15) is 9.59 Å². The van der Waals surface area contributed by atoms with Crippen molar-refractivity contribution in [1.29, 1.82) is 0 Å². The molecule has 2 rings (SSSR count). The van der Waals surface area contributed by atoms with E-state index < -0.39 is 5.97 Å². The Morgan fingerprint density at radius 3 is 2.81 bits per heavy atom. The van der Waals surface area contributed by atoms with Crippen LogP contribution in [0.3, 0.4) is 0 Å². The van der Waals surface area contributed by atoms with E-state index in [1.807, 2.05) is 13.0 Å². The standard InChI is InChI=1S/C14H19N3O4/c1-10-2-5-15-8-12(10)16-14(20)17-6-3-11(4-7-17)21-9-13(18)19/h2,5,8,11H,3-4,6-7,9H2,1H3,(H,16,20)(H,18,19). The maximum atomic E-state index is 12.1. The van der Waals surface area contributed by atoms with Gasteiger partial charge < -0.3 is 20.1 Å². The largest absolute Gasteiger partial charge is 0.480 e. The van der Waals surface area contributed by atoms with Gasteiger partial charge in [0.1, 0.15) is 6.61 Å². The number of aliphatic carboxylic acids is 1. The van der Waals surface area contributed by atoms with Gasteiger partial charge in [-0.15, -0.1) is 0 Å². The molecule has 0 unspecified atom stereocenters. The molecule has 1 aromatic rings. The first-order chi connectivity index (χ1) is 10.1. The number of anilines is 1. The lowest BCUT2D eigenvalue weighted by molar-refractivity contribution is -0.145. The third-order valence-corrected chi connectivity index (χ3v) is 3.45. The molecule has 7 heteroatoms. The maximum absolute atomic E-state index is 12.1. The molecule has 1 aromatic heterocycles. The van der Waals surface area contributed by atoms with Gasteiger partial charge >= 0.3 is 12.0 Å². The summed E-state index contributed by atoms with van der Waals surface area (Å²) in [5.41, 5.74) is 1.66. The molecule has 2 N–H and O–H groups in total. The van der Waals surface area contributed by atoms with Crippen LogP contribution < -0.4 is 5.32 Å². The molecule has 7 nitrogen and oxygen atoms in total. The minimum absolute atomic E-state index is 0.0923. The Kier molecular flexibility index (Phi) is 5.10. The third kappa shape index (κ3) is 4.42. The molecule has 114 valence electrons. The highest BCUT2D eigenvalue weighted by molar-refractivity contribution is 5.89. The third-order valence-electron chi connectivity index (χ3n) is 3.45. The molecule has 21 heavy (non-hydrogen) atoms. The highest BCUT2D eigenvalue weighted by atomic mass is 16.5. The zero-order valence-electron chi connectivity index (χ0n) is 11.9. The number of carbonyl (C=O) groups excluding carboxylic acids is 1. The van der Waals surface area contributed by atoms with Gasteiger partial charge in [-0.3, -0.25) is 4.98 Å². The molecule has 2 heterocycles. The molecule has 1 saturated heterocycles. The van der Waals surface area contributed by atoms with Crippen molar-refractivity contribution < 1.29 is 19.4 Å². The topological polar surface area (TPSA) is 91.8 Å². The molecule has 0 radical (unpaired) electrons. The number of aryl methyl sites for hydroxylation is 1. The van der Waals surface area contributed by atoms with E-state index in [1.165, 1.54) is 0 Å². The number of carboxylic acid groups (broad SMARTS) is 1. The number of hydrogen-bond donors (Lipinski definition) is 2. The van der Waals surface area contributed by atoms with Gasteiger partial charge in [0.25, 0.3) is 0 Å². The lowest BCUT2D eigenvalue weighted by Gasteiger charge is -2.31. The second-order valence-corrected chi connectivity index (χ2v) is 5.01. The first-order valence-electron chi connectivity index (χ1n) is 6.86. The molecule has 1 aliphatic heterocycles. The number of nitrogens with one attached hydrogen (secondary N) is 1. The average molecular weight is 293 g/mol. The molecular formula is C14H19N3O4. The summed E-state index contributed by atoms with van der Waals surface area (Å²) in [5.74, 6) is -0.970. The van der Waals surface area contributed by atoms with E-state index in [-0.39, 0.29) is 18.7 Å². The van der Waals surface area contributed by atoms with Gasteiger partial charge in [0.05, 0.1) is 18.0 Å². The van der Waals surface area contributed by atoms with Gasteiger partial charge in [-0.1, -0.05) is 0 Å². The number of hydrogen-bond acceptors (Lipinski definition) is 4. The lowest BCUT2D eigenvalue weighted by Crippen LogP contribution is -2.43. The van der Waals surface area contributed by atoms with Gasteiger partial charge in [0.2, 0.25) is 0 Å². The molecule has 0 spiro atoms. The Morgan fingerprint density at radius 1 is 1.48 bits per heavy atom. The second-order valence-electron chi connectivity index (χ2n) is 5.01. The number of ether oxygens (including phenoxy) is 1. The van der Waals surface area contributed by atoms with Crippen LogP contribution in [0, 0.1) is 6.92 Å². The lowest BCUT2D eigenvalue weighted by atomic mass is 10.1. The van der Waals surface area contributed by atoms with Crippen molar-refractivity contribution in [1.82, 2.24) is 9.88 Å². The number of nitrogens with zero attached hydrogens (tertiary/aromatic N) is 2. The Bertz CT molecular complexity index is 513. The van der Waals surface area contributed by atoms with Crippen LogP contribution in [0.2, 0.25) is 0 Å². The van der Waals surface area contributed by atoms with Crippen molar-refractivity contribution in [3.05, 3.63) is 24.0 Å². The minimum atomic E-state index is -0.970. The van der Waals surface area contributed by atoms with Crippen molar-refractivity contribution in [2.75, 3.05) is 25.0 Å². The fraction of sp³-hybridized carbons (Fsp3) is 0.500. The molecule has 1 fully saturated rings. The van der Waals surface area contributed by atoms with Gasteiger partial charge in [-0.05, 0) is 31.4 Å². The van der Waals surface area contributed by atoms with Crippen molar-refractivity contribution in [3.63, 3.8) is 0 Å². The maximum Gasteiger partial charge on any atom is 0.329 e. The van der Waals surface area contributed by atoms with E-state index in [4.69, 9.17) is 9.84 Å². The van der Waals surface area contributed by atoms with Crippen LogP contribution in [0.5, 0.6) is 0 Å². The number of rotatable bonds is 4. The van der Waals surface area contributed by atoms with Gasteiger partial charge in [0.15, 0.2) is 0 Å². The summed E-state index contributed by atoms with van der Waals surface area (Å²) in [5, 5.41) is 11.4. The highest BCUT2D eigenvalue weighted by Crippen LogP contribution is 2.16. The van der Waals surface area contributed by atoms with Crippen LogP contribution in [0.25, 0.3) is 0 Å². The second kappa shape index (κ2) is 7.03. The Morgan fingerprint density at radius 2 is 2.19 bits per heavy atom. The monoisotopic (exact) mass is 293 g/mol. The molecule has 0 bridgehead atoms. The Labute approximate surface area is 122 Å². The number of carbonyl (C=O) groups is 2. The first kappa shape index (κ1) is 15.2. The normalized spacial score (nSPS) is 15.8. The minimum Gasteiger partial charge on any atom is -0.480 e. The summed E-state index contributed by atoms with van der Waals surface area (Å²) in [7, 11) is 0. The Balaban J connectivity index is 1.81. The SMILES string of the molecule is Cc1ccncc1NC(=O)N1CCC(OCC(=O)O)CC1. The van der Waals surface area contributed by atoms with Crippen molar-refractivity contribution in [2.45, 2.75) is 25.9 Å². The van der Waals surface area contributed by atoms with Crippen molar-refractivity contribution in [3.8, 4) is 0 Å². The predicted octanol–water partition coefficient (Wildman–Crippen LogP) is 1.49. The zero-order chi connectivity index (χ0) is 15.2. The van der Waals surface area contributed by atoms with Crippen molar-refractivity contribution >= 4 is 17.7 Å². The molecule has 2 amide bonds. The van der Waals surface area contributed by atoms with Crippen molar-refractivity contribution in [2.24, 2.45) is 0 Å². The predicted molar refractivity (Wildman–Crippen MR) is 76.2 cm³/mol. The number of piperidine rings is 1. The van der Waals surface area contributed by atoms with E-state index in [0.717, 1.165) is 5.56 Å². The number of urea groups is 1. The van der Waals surface area contributed by atoms with E-state index in [1.54, 1.807) is 17.3 Å². The van der Waals surface area contributed by atoms with Crippen LogP contribution in [-0.4, -0.2) is 52.8 Å². The summed E-state index contributed by atoms with van der Waals surface area (Å²) < 4.78 is 5.24. The number of likely N-dealkylation sites (tertiary alicyclic amines) is 1. The Hall–Kier alpha value is -2.15. The number of aromatic nitrogens is 1. The molecule has 0 atom stereocenters. The fourth-order valence-corrected chi connectivity index (χ4v) is 2.20. The number of pyridine rings is 1. The van der Waals surface area contributed by atoms with Crippen LogP contribution >= 0.6 is 0 Å². The average Bonchev–Trinajstić information content (AvgIpc) is 2.48. The van der Waals surface area contributed by atoms with Gasteiger partial charge in [-0.25, -0.2) is 9.59 Å². The quantitative estimate of drug-likeness (QED) is 0.877. The van der Waals surface area contributed by atoms with Crippen LogP contribution in [0.4, 0.5) is 10.5 Å². The fourth-order valence-electron chi connectivity index (χ4n) is 2.20. The first-order valence-corrected chi connectivity index (χ1v) is 6.86. The van der Waals surface area contributed by atoms with E-state index in [2.05, 4.69) is 10.3 Å². The summed E-state index contributed by atoms with van der Waals surface area (Å²) in [6, 6.07) is 1.67. The van der Waals surface area contributed by atoms with E-state index >= 15 is 0 Å². The summed E-state index contributed by atoms with van der Waals surface area (Å²) in [6.07, 6.45) is 4.50. The summed E-state index contributed by atoms with van der Waals surface area (Å²) in [6.45, 7) is 2.72. The van der Waals surface area contributed by atoms with Gasteiger partial charge in [-0.2, -0.15) is 0 Å².